The Labute approximate surface area is 157 Å². The number of aliphatic hydroxyl groups excluding tert-OH is 3. The van der Waals surface area contributed by atoms with Crippen molar-refractivity contribution >= 4 is 5.97 Å². The molecule has 5 atom stereocenters. The zero-order valence-corrected chi connectivity index (χ0v) is 16.7. The van der Waals surface area contributed by atoms with Crippen LogP contribution in [0.2, 0.25) is 0 Å². The molecule has 1 fully saturated rings. The molecule has 154 valence electrons. The fourth-order valence-corrected chi connectivity index (χ4v) is 3.40. The van der Waals surface area contributed by atoms with E-state index in [0.717, 1.165) is 19.3 Å². The van der Waals surface area contributed by atoms with Crippen molar-refractivity contribution in [3.63, 3.8) is 0 Å². The van der Waals surface area contributed by atoms with Crippen LogP contribution >= 0.6 is 0 Å². The Hall–Kier alpha value is -0.690. The third-order valence-corrected chi connectivity index (χ3v) is 5.16. The van der Waals surface area contributed by atoms with Gasteiger partial charge in [0.25, 0.3) is 0 Å². The van der Waals surface area contributed by atoms with Crippen molar-refractivity contribution in [3.05, 3.63) is 0 Å². The van der Waals surface area contributed by atoms with E-state index >= 15 is 0 Å². The van der Waals surface area contributed by atoms with Gasteiger partial charge in [0, 0.05) is 13.3 Å². The molecular weight excluding hydrogens is 336 g/mol. The minimum atomic E-state index is -1.63. The van der Waals surface area contributed by atoms with Gasteiger partial charge in [-0.25, -0.2) is 0 Å². The molecule has 6 nitrogen and oxygen atoms in total. The first-order chi connectivity index (χ1) is 12.3. The number of carbonyl (C=O) groups excluding carboxylic acids is 1. The highest BCUT2D eigenvalue weighted by Gasteiger charge is 2.52. The fraction of sp³-hybridized carbons (Fsp3) is 0.950. The smallest absolute Gasteiger partial charge is 0.308 e. The third kappa shape index (κ3) is 7.51. The van der Waals surface area contributed by atoms with E-state index in [1.807, 2.05) is 0 Å². The Morgan fingerprint density at radius 3 is 1.96 bits per heavy atom. The molecular formula is C20H38O6. The van der Waals surface area contributed by atoms with Crippen LogP contribution in [0.5, 0.6) is 0 Å². The number of unbranched alkanes of at least 4 members (excludes halogenated alkanes) is 9. The predicted molar refractivity (Wildman–Crippen MR) is 99.5 cm³/mol. The second kappa shape index (κ2) is 11.9. The molecule has 0 saturated carbocycles. The van der Waals surface area contributed by atoms with Crippen molar-refractivity contribution in [1.29, 1.82) is 0 Å². The van der Waals surface area contributed by atoms with Gasteiger partial charge in [0.15, 0.2) is 0 Å². The molecule has 0 aromatic carbocycles. The third-order valence-electron chi connectivity index (χ3n) is 5.16. The molecule has 0 spiro atoms. The number of rotatable bonds is 12. The Balaban J connectivity index is 2.16. The SMILES string of the molecule is CCCCCCCCCCCCC(=O)OC1(C)O[C@@H](C)[C@@H](O)[C@@H](O)[C@@H]1O. The molecule has 0 aromatic heterocycles. The second-order valence-corrected chi connectivity index (χ2v) is 7.67. The maximum Gasteiger partial charge on any atom is 0.308 e. The number of esters is 1. The first kappa shape index (κ1) is 23.3. The van der Waals surface area contributed by atoms with Crippen molar-refractivity contribution in [3.8, 4) is 0 Å². The van der Waals surface area contributed by atoms with Gasteiger partial charge >= 0.3 is 5.97 Å². The van der Waals surface area contributed by atoms with Crippen molar-refractivity contribution in [2.45, 2.75) is 122 Å². The normalized spacial score (nSPS) is 31.8. The van der Waals surface area contributed by atoms with Crippen molar-refractivity contribution in [2.75, 3.05) is 0 Å². The maximum atomic E-state index is 12.0. The molecule has 1 rings (SSSR count). The number of hydrogen-bond acceptors (Lipinski definition) is 6. The van der Waals surface area contributed by atoms with E-state index in [4.69, 9.17) is 9.47 Å². The molecule has 0 aliphatic carbocycles. The van der Waals surface area contributed by atoms with Crippen LogP contribution in [0.4, 0.5) is 0 Å². The summed E-state index contributed by atoms with van der Waals surface area (Å²) in [7, 11) is 0. The van der Waals surface area contributed by atoms with Crippen LogP contribution in [-0.4, -0.2) is 51.5 Å². The van der Waals surface area contributed by atoms with Crippen LogP contribution in [0.3, 0.4) is 0 Å². The lowest BCUT2D eigenvalue weighted by atomic mass is 9.94. The van der Waals surface area contributed by atoms with Gasteiger partial charge in [-0.1, -0.05) is 64.7 Å². The largest absolute Gasteiger partial charge is 0.430 e. The predicted octanol–water partition coefficient (Wildman–Crippen LogP) is 3.06. The summed E-state index contributed by atoms with van der Waals surface area (Å²) in [4.78, 5) is 12.0. The lowest BCUT2D eigenvalue weighted by Gasteiger charge is -2.45. The zero-order valence-electron chi connectivity index (χ0n) is 16.7. The van der Waals surface area contributed by atoms with E-state index in [9.17, 15) is 20.1 Å². The molecule has 1 unspecified atom stereocenters. The number of aliphatic hydroxyl groups is 3. The van der Waals surface area contributed by atoms with Crippen molar-refractivity contribution < 1.29 is 29.6 Å². The molecule has 26 heavy (non-hydrogen) atoms. The van der Waals surface area contributed by atoms with Gasteiger partial charge in [-0.05, 0) is 13.3 Å². The number of hydrogen-bond donors (Lipinski definition) is 3. The first-order valence-electron chi connectivity index (χ1n) is 10.3. The molecule has 0 bridgehead atoms. The molecule has 1 heterocycles. The molecule has 1 aliphatic rings. The number of ether oxygens (including phenoxy) is 2. The van der Waals surface area contributed by atoms with Gasteiger partial charge in [0.1, 0.15) is 18.3 Å². The van der Waals surface area contributed by atoms with Gasteiger partial charge in [0.05, 0.1) is 6.10 Å². The summed E-state index contributed by atoms with van der Waals surface area (Å²) in [6, 6.07) is 0. The Morgan fingerprint density at radius 2 is 1.42 bits per heavy atom. The monoisotopic (exact) mass is 374 g/mol. The van der Waals surface area contributed by atoms with E-state index in [0.29, 0.717) is 0 Å². The number of carbonyl (C=O) groups is 1. The average molecular weight is 375 g/mol. The lowest BCUT2D eigenvalue weighted by molar-refractivity contribution is -0.337. The van der Waals surface area contributed by atoms with Crippen LogP contribution < -0.4 is 0 Å². The summed E-state index contributed by atoms with van der Waals surface area (Å²) in [6.07, 6.45) is 7.25. The van der Waals surface area contributed by atoms with Crippen LogP contribution in [0.1, 0.15) is 91.4 Å². The van der Waals surface area contributed by atoms with E-state index in [2.05, 4.69) is 6.92 Å². The van der Waals surface area contributed by atoms with Gasteiger partial charge in [-0.15, -0.1) is 0 Å². The summed E-state index contributed by atoms with van der Waals surface area (Å²) in [5.41, 5.74) is 0. The van der Waals surface area contributed by atoms with Crippen molar-refractivity contribution in [1.82, 2.24) is 0 Å². The van der Waals surface area contributed by atoms with Gasteiger partial charge < -0.3 is 24.8 Å². The summed E-state index contributed by atoms with van der Waals surface area (Å²) >= 11 is 0. The second-order valence-electron chi connectivity index (χ2n) is 7.67. The highest BCUT2D eigenvalue weighted by molar-refractivity contribution is 5.69. The van der Waals surface area contributed by atoms with Crippen LogP contribution in [0, 0.1) is 0 Å². The first-order valence-corrected chi connectivity index (χ1v) is 10.3. The van der Waals surface area contributed by atoms with Gasteiger partial charge in [0.2, 0.25) is 5.79 Å². The quantitative estimate of drug-likeness (QED) is 0.359. The molecule has 6 heteroatoms. The molecule has 1 aliphatic heterocycles. The van der Waals surface area contributed by atoms with Crippen molar-refractivity contribution in [2.24, 2.45) is 0 Å². The minimum absolute atomic E-state index is 0.259. The molecule has 0 radical (unpaired) electrons. The highest BCUT2D eigenvalue weighted by Crippen LogP contribution is 2.31. The topological polar surface area (TPSA) is 96.2 Å². The lowest BCUT2D eigenvalue weighted by Crippen LogP contribution is -2.63. The van der Waals surface area contributed by atoms with Crippen LogP contribution in [-0.2, 0) is 14.3 Å². The van der Waals surface area contributed by atoms with E-state index in [1.165, 1.54) is 51.9 Å². The van der Waals surface area contributed by atoms with Gasteiger partial charge in [-0.2, -0.15) is 0 Å². The van der Waals surface area contributed by atoms with Crippen LogP contribution in [0.15, 0.2) is 0 Å². The average Bonchev–Trinajstić information content (AvgIpc) is 2.60. The van der Waals surface area contributed by atoms with E-state index < -0.39 is 36.2 Å². The highest BCUT2D eigenvalue weighted by atomic mass is 16.7. The van der Waals surface area contributed by atoms with E-state index in [1.54, 1.807) is 6.92 Å². The Bertz CT molecular complexity index is 402. The van der Waals surface area contributed by atoms with Gasteiger partial charge in [-0.3, -0.25) is 4.79 Å². The molecule has 0 amide bonds. The summed E-state index contributed by atoms with van der Waals surface area (Å²) in [6.45, 7) is 5.20. The molecule has 3 N–H and O–H groups in total. The fourth-order valence-electron chi connectivity index (χ4n) is 3.40. The standard InChI is InChI=1S/C20H38O6/c1-4-5-6-7-8-9-10-11-12-13-14-16(21)26-20(3)19(24)18(23)17(22)15(2)25-20/h15,17-19,22-24H,4-14H2,1-3H3/t15-,17+,18+,19-,20?/m0/s1. The minimum Gasteiger partial charge on any atom is -0.430 e. The Kier molecular flexibility index (Phi) is 10.7. The summed E-state index contributed by atoms with van der Waals surface area (Å²) < 4.78 is 10.7. The molecule has 1 saturated heterocycles. The molecule has 0 aromatic rings. The zero-order chi connectivity index (χ0) is 19.6. The van der Waals surface area contributed by atoms with Crippen LogP contribution in [0.25, 0.3) is 0 Å². The maximum absolute atomic E-state index is 12.0. The summed E-state index contributed by atoms with van der Waals surface area (Å²) in [5, 5.41) is 29.6. The Morgan fingerprint density at radius 1 is 0.923 bits per heavy atom. The summed E-state index contributed by atoms with van der Waals surface area (Å²) in [5.74, 6) is -2.09. The van der Waals surface area contributed by atoms with E-state index in [-0.39, 0.29) is 6.42 Å².